The number of nitrogens with zero attached hydrogens (tertiary/aromatic N) is 2. The van der Waals surface area contributed by atoms with Crippen molar-refractivity contribution in [3.63, 3.8) is 0 Å². The average molecular weight is 423 g/mol. The summed E-state index contributed by atoms with van der Waals surface area (Å²) < 4.78 is 10.3. The van der Waals surface area contributed by atoms with Gasteiger partial charge in [-0.3, -0.25) is 9.59 Å². The van der Waals surface area contributed by atoms with Crippen LogP contribution in [0, 0.1) is 5.92 Å². The van der Waals surface area contributed by atoms with Crippen molar-refractivity contribution in [1.29, 1.82) is 0 Å². The first-order valence-corrected chi connectivity index (χ1v) is 10.6. The fourth-order valence-electron chi connectivity index (χ4n) is 4.17. The monoisotopic (exact) mass is 422 g/mol. The van der Waals surface area contributed by atoms with Crippen molar-refractivity contribution in [3.8, 4) is 5.75 Å². The minimum absolute atomic E-state index is 0.0296. The molecule has 0 bridgehead atoms. The molecule has 0 N–H and O–H groups in total. The van der Waals surface area contributed by atoms with Gasteiger partial charge in [0.25, 0.3) is 6.47 Å². The summed E-state index contributed by atoms with van der Waals surface area (Å²) in [7, 11) is 3.71. The molecule has 0 amide bonds. The van der Waals surface area contributed by atoms with E-state index in [0.29, 0.717) is 12.0 Å². The fraction of sp³-hybridized carbons (Fsp3) is 0.400. The molecule has 31 heavy (non-hydrogen) atoms. The van der Waals surface area contributed by atoms with Gasteiger partial charge in [0.05, 0.1) is 24.0 Å². The topological polar surface area (TPSA) is 68.7 Å². The predicted octanol–water partition coefficient (Wildman–Crippen LogP) is 4.31. The van der Waals surface area contributed by atoms with Crippen molar-refractivity contribution in [2.24, 2.45) is 5.92 Å². The zero-order chi connectivity index (χ0) is 22.5. The molecule has 0 radical (unpaired) electrons. The Labute approximate surface area is 183 Å². The van der Waals surface area contributed by atoms with Gasteiger partial charge in [-0.2, -0.15) is 0 Å². The van der Waals surface area contributed by atoms with Gasteiger partial charge in [0.1, 0.15) is 18.6 Å². The lowest BCUT2D eigenvalue weighted by Gasteiger charge is -2.18. The summed E-state index contributed by atoms with van der Waals surface area (Å²) in [6.07, 6.45) is 4.57. The Hall–Kier alpha value is -3.15. The number of hydrogen-bond donors (Lipinski definition) is 0. The van der Waals surface area contributed by atoms with Gasteiger partial charge in [-0.1, -0.05) is 20.8 Å². The standard InChI is InChI=1S/C25H30N2O4/c1-6-16(3)20(17(13-28)14-31-15-29)11-24-25-22(12-27(24)4)19(7-2)21-10-18(30-5)8-9-23(21)26-25/h8-11,13,15-16H,6-7,12,14H2,1-5H3/b20-17-,24-11-. The molecule has 0 saturated heterocycles. The van der Waals surface area contributed by atoms with Crippen LogP contribution in [0.25, 0.3) is 16.6 Å². The molecule has 2 heterocycles. The van der Waals surface area contributed by atoms with E-state index in [0.717, 1.165) is 59.3 Å². The third-order valence-corrected chi connectivity index (χ3v) is 6.07. The number of methoxy groups -OCH3 is 1. The molecule has 6 heteroatoms. The number of allylic oxidation sites excluding steroid dienone is 2. The van der Waals surface area contributed by atoms with Gasteiger partial charge < -0.3 is 14.4 Å². The molecule has 1 unspecified atom stereocenters. The largest absolute Gasteiger partial charge is 0.497 e. The molecule has 3 rings (SSSR count). The maximum Gasteiger partial charge on any atom is 0.293 e. The van der Waals surface area contributed by atoms with Gasteiger partial charge in [-0.15, -0.1) is 0 Å². The normalized spacial score (nSPS) is 16.2. The predicted molar refractivity (Wildman–Crippen MR) is 122 cm³/mol. The number of benzene rings is 1. The third-order valence-electron chi connectivity index (χ3n) is 6.07. The molecule has 1 aliphatic rings. The van der Waals surface area contributed by atoms with Crippen LogP contribution in [-0.2, 0) is 27.3 Å². The van der Waals surface area contributed by atoms with E-state index in [-0.39, 0.29) is 12.5 Å². The van der Waals surface area contributed by atoms with E-state index in [9.17, 15) is 9.59 Å². The highest BCUT2D eigenvalue weighted by molar-refractivity contribution is 5.89. The summed E-state index contributed by atoms with van der Waals surface area (Å²) in [5.74, 6) is 0.953. The van der Waals surface area contributed by atoms with Crippen LogP contribution in [0.15, 0.2) is 35.4 Å². The van der Waals surface area contributed by atoms with Crippen LogP contribution in [0.2, 0.25) is 0 Å². The summed E-state index contributed by atoms with van der Waals surface area (Å²) >= 11 is 0. The van der Waals surface area contributed by atoms with Crippen LogP contribution < -0.4 is 4.74 Å². The fourth-order valence-corrected chi connectivity index (χ4v) is 4.17. The number of carbonyl (C=O) groups is 2. The van der Waals surface area contributed by atoms with Crippen LogP contribution in [0.4, 0.5) is 0 Å². The van der Waals surface area contributed by atoms with Gasteiger partial charge in [0.2, 0.25) is 0 Å². The van der Waals surface area contributed by atoms with Crippen molar-refractivity contribution in [3.05, 3.63) is 52.2 Å². The minimum Gasteiger partial charge on any atom is -0.497 e. The van der Waals surface area contributed by atoms with Crippen LogP contribution >= 0.6 is 0 Å². The smallest absolute Gasteiger partial charge is 0.293 e. The van der Waals surface area contributed by atoms with Gasteiger partial charge in [-0.25, -0.2) is 4.98 Å². The molecular formula is C25H30N2O4. The van der Waals surface area contributed by atoms with E-state index in [1.807, 2.05) is 25.3 Å². The number of aryl methyl sites for hydroxylation is 1. The molecule has 1 atom stereocenters. The Morgan fingerprint density at radius 3 is 2.68 bits per heavy atom. The van der Waals surface area contributed by atoms with E-state index in [2.05, 4.69) is 31.7 Å². The van der Waals surface area contributed by atoms with Crippen LogP contribution in [0.3, 0.4) is 0 Å². The Balaban J connectivity index is 2.23. The number of hydrogen-bond acceptors (Lipinski definition) is 6. The number of aldehydes is 1. The molecule has 164 valence electrons. The van der Waals surface area contributed by atoms with Gasteiger partial charge in [0.15, 0.2) is 0 Å². The molecule has 1 aliphatic heterocycles. The van der Waals surface area contributed by atoms with Crippen molar-refractivity contribution >= 4 is 29.4 Å². The molecule has 0 spiro atoms. The molecule has 0 aliphatic carbocycles. The zero-order valence-corrected chi connectivity index (χ0v) is 18.9. The molecular weight excluding hydrogens is 392 g/mol. The number of carbonyl (C=O) groups excluding carboxylic acids is 2. The molecule has 2 aromatic rings. The van der Waals surface area contributed by atoms with Crippen molar-refractivity contribution < 1.29 is 19.1 Å². The Kier molecular flexibility index (Phi) is 7.10. The van der Waals surface area contributed by atoms with Crippen LogP contribution in [0.1, 0.15) is 44.0 Å². The van der Waals surface area contributed by atoms with E-state index < -0.39 is 0 Å². The van der Waals surface area contributed by atoms with E-state index in [1.54, 1.807) is 7.11 Å². The van der Waals surface area contributed by atoms with E-state index in [4.69, 9.17) is 14.5 Å². The molecule has 1 aromatic heterocycles. The highest BCUT2D eigenvalue weighted by Gasteiger charge is 2.28. The minimum atomic E-state index is -0.0296. The number of rotatable bonds is 9. The van der Waals surface area contributed by atoms with Gasteiger partial charge >= 0.3 is 0 Å². The molecule has 6 nitrogen and oxygen atoms in total. The lowest BCUT2D eigenvalue weighted by Crippen LogP contribution is -2.11. The third kappa shape index (κ3) is 4.33. The van der Waals surface area contributed by atoms with Gasteiger partial charge in [-0.05, 0) is 54.2 Å². The van der Waals surface area contributed by atoms with E-state index >= 15 is 0 Å². The average Bonchev–Trinajstić information content (AvgIpc) is 3.10. The lowest BCUT2D eigenvalue weighted by molar-refractivity contribution is -0.128. The lowest BCUT2D eigenvalue weighted by atomic mass is 9.92. The highest BCUT2D eigenvalue weighted by atomic mass is 16.5. The van der Waals surface area contributed by atoms with E-state index in [1.165, 1.54) is 11.1 Å². The molecule has 1 aromatic carbocycles. The quantitative estimate of drug-likeness (QED) is 0.443. The summed E-state index contributed by atoms with van der Waals surface area (Å²) in [5, 5.41) is 1.11. The number of pyridine rings is 1. The van der Waals surface area contributed by atoms with Gasteiger partial charge in [0, 0.05) is 30.1 Å². The van der Waals surface area contributed by atoms with Crippen molar-refractivity contribution in [2.45, 2.75) is 40.2 Å². The highest BCUT2D eigenvalue weighted by Crippen LogP contribution is 2.38. The zero-order valence-electron chi connectivity index (χ0n) is 18.9. The summed E-state index contributed by atoms with van der Waals surface area (Å²) in [4.78, 5) is 29.6. The van der Waals surface area contributed by atoms with Crippen LogP contribution in [-0.4, -0.2) is 43.4 Å². The summed E-state index contributed by atoms with van der Waals surface area (Å²) in [6, 6.07) is 5.97. The number of fused-ring (bicyclic) bond motifs is 2. The maximum atomic E-state index is 11.8. The molecule has 0 saturated carbocycles. The van der Waals surface area contributed by atoms with Crippen molar-refractivity contribution in [1.82, 2.24) is 9.88 Å². The first kappa shape index (κ1) is 22.5. The second kappa shape index (κ2) is 9.77. The number of ether oxygens (including phenoxy) is 2. The van der Waals surface area contributed by atoms with Crippen LogP contribution in [0.5, 0.6) is 5.75 Å². The Bertz CT molecular complexity index is 1060. The summed E-state index contributed by atoms with van der Waals surface area (Å²) in [6.45, 7) is 7.40. The second-order valence-electron chi connectivity index (χ2n) is 7.85. The number of aromatic nitrogens is 1. The Morgan fingerprint density at radius 1 is 1.29 bits per heavy atom. The first-order valence-electron chi connectivity index (χ1n) is 10.6. The molecule has 0 fully saturated rings. The summed E-state index contributed by atoms with van der Waals surface area (Å²) in [5.41, 5.74) is 6.68. The first-order chi connectivity index (χ1) is 15.0. The Morgan fingerprint density at radius 2 is 2.06 bits per heavy atom. The maximum absolute atomic E-state index is 11.8. The second-order valence-corrected chi connectivity index (χ2v) is 7.85. The SMILES string of the molecule is CCc1c2c(nc3ccc(OC)cc13)/C(=C/C(=C(\C=O)COC=O)C(C)CC)N(C)C2. The van der Waals surface area contributed by atoms with Crippen molar-refractivity contribution in [2.75, 3.05) is 20.8 Å².